The Hall–Kier alpha value is -1.90. The summed E-state index contributed by atoms with van der Waals surface area (Å²) in [5, 5.41) is 1.02. The third kappa shape index (κ3) is 2.78. The lowest BCUT2D eigenvalue weighted by molar-refractivity contribution is 0.0681. The fourth-order valence-electron chi connectivity index (χ4n) is 3.26. The van der Waals surface area contributed by atoms with Crippen molar-refractivity contribution in [2.45, 2.75) is 38.6 Å². The van der Waals surface area contributed by atoms with Crippen molar-refractivity contribution in [3.05, 3.63) is 42.1 Å². The summed E-state index contributed by atoms with van der Waals surface area (Å²) in [7, 11) is 1.94. The fourth-order valence-corrected chi connectivity index (χ4v) is 3.26. The molecule has 0 radical (unpaired) electrons. The summed E-state index contributed by atoms with van der Waals surface area (Å²) in [5.74, 6) is 0.892. The van der Waals surface area contributed by atoms with Gasteiger partial charge in [-0.3, -0.25) is 9.78 Å². The molecule has 3 rings (SSSR count). The number of nitrogens with zero attached hydrogens (tertiary/aromatic N) is 2. The molecule has 0 spiro atoms. The van der Waals surface area contributed by atoms with Gasteiger partial charge in [-0.05, 0) is 43.7 Å². The molecule has 1 aliphatic carbocycles. The van der Waals surface area contributed by atoms with E-state index in [0.29, 0.717) is 11.6 Å². The number of hydrogen-bond donors (Lipinski definition) is 0. The van der Waals surface area contributed by atoms with Crippen LogP contribution >= 0.6 is 0 Å². The largest absolute Gasteiger partial charge is 0.339 e. The summed E-state index contributed by atoms with van der Waals surface area (Å²) in [6.07, 6.45) is 6.41. The normalized spacial score (nSPS) is 22.2. The van der Waals surface area contributed by atoms with Gasteiger partial charge in [0.15, 0.2) is 0 Å². The van der Waals surface area contributed by atoms with Crippen LogP contribution in [-0.4, -0.2) is 28.9 Å². The molecular weight excluding hydrogens is 260 g/mol. The Labute approximate surface area is 126 Å². The lowest BCUT2D eigenvalue weighted by Crippen LogP contribution is -2.39. The Morgan fingerprint density at radius 1 is 1.14 bits per heavy atom. The zero-order chi connectivity index (χ0) is 14.8. The minimum Gasteiger partial charge on any atom is -0.339 e. The molecule has 1 aliphatic rings. The average molecular weight is 282 g/mol. The third-order valence-electron chi connectivity index (χ3n) is 4.72. The molecule has 0 saturated heterocycles. The minimum absolute atomic E-state index is 0.0962. The van der Waals surface area contributed by atoms with E-state index in [0.717, 1.165) is 29.7 Å². The summed E-state index contributed by atoms with van der Waals surface area (Å²) < 4.78 is 0. The van der Waals surface area contributed by atoms with Crippen LogP contribution in [0.15, 0.2) is 36.5 Å². The summed E-state index contributed by atoms with van der Waals surface area (Å²) in [6, 6.07) is 10.1. The molecule has 1 saturated carbocycles. The lowest BCUT2D eigenvalue weighted by Gasteiger charge is -2.33. The van der Waals surface area contributed by atoms with Gasteiger partial charge in [-0.15, -0.1) is 0 Å². The van der Waals surface area contributed by atoms with E-state index in [-0.39, 0.29) is 5.91 Å². The van der Waals surface area contributed by atoms with E-state index in [1.165, 1.54) is 12.8 Å². The number of para-hydroxylation sites is 1. The molecule has 0 N–H and O–H groups in total. The first-order valence-electron chi connectivity index (χ1n) is 7.77. The second kappa shape index (κ2) is 5.84. The van der Waals surface area contributed by atoms with Gasteiger partial charge in [-0.25, -0.2) is 0 Å². The van der Waals surface area contributed by atoms with Gasteiger partial charge in [-0.1, -0.05) is 25.1 Å². The van der Waals surface area contributed by atoms with E-state index < -0.39 is 0 Å². The number of benzene rings is 1. The topological polar surface area (TPSA) is 33.2 Å². The predicted molar refractivity (Wildman–Crippen MR) is 85.3 cm³/mol. The van der Waals surface area contributed by atoms with Crippen molar-refractivity contribution in [1.29, 1.82) is 0 Å². The van der Waals surface area contributed by atoms with Crippen molar-refractivity contribution >= 4 is 16.8 Å². The zero-order valence-corrected chi connectivity index (χ0v) is 12.7. The SMILES string of the molecule is CC1CCC(N(C)C(=O)c2cccc3cccnc23)CC1. The molecule has 1 heterocycles. The highest BCUT2D eigenvalue weighted by atomic mass is 16.2. The van der Waals surface area contributed by atoms with Crippen LogP contribution in [-0.2, 0) is 0 Å². The average Bonchev–Trinajstić information content (AvgIpc) is 2.53. The number of rotatable bonds is 2. The van der Waals surface area contributed by atoms with Gasteiger partial charge in [0.05, 0.1) is 11.1 Å². The van der Waals surface area contributed by atoms with Crippen LogP contribution in [0.5, 0.6) is 0 Å². The van der Waals surface area contributed by atoms with Crippen LogP contribution in [0.3, 0.4) is 0 Å². The number of hydrogen-bond acceptors (Lipinski definition) is 2. The first-order chi connectivity index (χ1) is 10.2. The molecule has 3 nitrogen and oxygen atoms in total. The number of carbonyl (C=O) groups excluding carboxylic acids is 1. The van der Waals surface area contributed by atoms with Gasteiger partial charge < -0.3 is 4.90 Å². The van der Waals surface area contributed by atoms with Crippen molar-refractivity contribution in [2.24, 2.45) is 5.92 Å². The molecule has 2 aromatic rings. The highest BCUT2D eigenvalue weighted by Crippen LogP contribution is 2.28. The predicted octanol–water partition coefficient (Wildman–Crippen LogP) is 3.89. The molecule has 0 aliphatic heterocycles. The van der Waals surface area contributed by atoms with Crippen molar-refractivity contribution in [3.8, 4) is 0 Å². The summed E-state index contributed by atoms with van der Waals surface area (Å²) >= 11 is 0. The van der Waals surface area contributed by atoms with E-state index in [1.54, 1.807) is 6.20 Å². The van der Waals surface area contributed by atoms with E-state index >= 15 is 0 Å². The Bertz CT molecular complexity index is 639. The molecule has 110 valence electrons. The van der Waals surface area contributed by atoms with Gasteiger partial charge in [-0.2, -0.15) is 0 Å². The van der Waals surface area contributed by atoms with Crippen molar-refractivity contribution < 1.29 is 4.79 Å². The molecule has 0 atom stereocenters. The van der Waals surface area contributed by atoms with E-state index in [1.807, 2.05) is 42.3 Å². The first-order valence-corrected chi connectivity index (χ1v) is 7.77. The molecule has 0 unspecified atom stereocenters. The van der Waals surface area contributed by atoms with Crippen molar-refractivity contribution in [1.82, 2.24) is 9.88 Å². The first kappa shape index (κ1) is 14.1. The van der Waals surface area contributed by atoms with Gasteiger partial charge in [0, 0.05) is 24.7 Å². The van der Waals surface area contributed by atoms with Crippen molar-refractivity contribution in [3.63, 3.8) is 0 Å². The Morgan fingerprint density at radius 2 is 1.86 bits per heavy atom. The van der Waals surface area contributed by atoms with Crippen LogP contribution in [0.1, 0.15) is 43.0 Å². The highest BCUT2D eigenvalue weighted by Gasteiger charge is 2.26. The van der Waals surface area contributed by atoms with Crippen LogP contribution in [0.4, 0.5) is 0 Å². The molecule has 21 heavy (non-hydrogen) atoms. The molecule has 1 aromatic heterocycles. The van der Waals surface area contributed by atoms with Crippen molar-refractivity contribution in [2.75, 3.05) is 7.05 Å². The smallest absolute Gasteiger partial charge is 0.256 e. The van der Waals surface area contributed by atoms with Crippen LogP contribution < -0.4 is 0 Å². The van der Waals surface area contributed by atoms with Crippen LogP contribution in [0.2, 0.25) is 0 Å². The summed E-state index contributed by atoms with van der Waals surface area (Å²) in [6.45, 7) is 2.30. The maximum Gasteiger partial charge on any atom is 0.256 e. The maximum absolute atomic E-state index is 12.8. The number of pyridine rings is 1. The molecular formula is C18H22N2O. The molecule has 1 fully saturated rings. The minimum atomic E-state index is 0.0962. The van der Waals surface area contributed by atoms with Crippen LogP contribution in [0, 0.1) is 5.92 Å². The standard InChI is InChI=1S/C18H22N2O/c1-13-8-10-15(11-9-13)20(2)18(21)16-7-3-5-14-6-4-12-19-17(14)16/h3-7,12-13,15H,8-11H2,1-2H3. The van der Waals surface area contributed by atoms with Gasteiger partial charge in [0.2, 0.25) is 0 Å². The Morgan fingerprint density at radius 3 is 2.62 bits per heavy atom. The molecule has 3 heteroatoms. The van der Waals surface area contributed by atoms with E-state index in [2.05, 4.69) is 11.9 Å². The van der Waals surface area contributed by atoms with E-state index in [4.69, 9.17) is 0 Å². The highest BCUT2D eigenvalue weighted by molar-refractivity contribution is 6.05. The maximum atomic E-state index is 12.8. The quantitative estimate of drug-likeness (QED) is 0.837. The molecule has 0 bridgehead atoms. The Kier molecular flexibility index (Phi) is 3.91. The fraction of sp³-hybridized carbons (Fsp3) is 0.444. The van der Waals surface area contributed by atoms with Gasteiger partial charge >= 0.3 is 0 Å². The van der Waals surface area contributed by atoms with Crippen LogP contribution in [0.25, 0.3) is 10.9 Å². The van der Waals surface area contributed by atoms with Gasteiger partial charge in [0.1, 0.15) is 0 Å². The summed E-state index contributed by atoms with van der Waals surface area (Å²) in [5.41, 5.74) is 1.52. The monoisotopic (exact) mass is 282 g/mol. The summed E-state index contributed by atoms with van der Waals surface area (Å²) in [4.78, 5) is 19.1. The Balaban J connectivity index is 1.86. The van der Waals surface area contributed by atoms with Gasteiger partial charge in [0.25, 0.3) is 5.91 Å². The second-order valence-electron chi connectivity index (χ2n) is 6.21. The number of amides is 1. The van der Waals surface area contributed by atoms with E-state index in [9.17, 15) is 4.79 Å². The molecule has 1 aromatic carbocycles. The second-order valence-corrected chi connectivity index (χ2v) is 6.21. The number of fused-ring (bicyclic) bond motifs is 1. The zero-order valence-electron chi connectivity index (χ0n) is 12.7. The lowest BCUT2D eigenvalue weighted by atomic mass is 9.86. The number of carbonyl (C=O) groups is 1. The third-order valence-corrected chi connectivity index (χ3v) is 4.72. The molecule has 1 amide bonds. The number of aromatic nitrogens is 1.